The van der Waals surface area contributed by atoms with Gasteiger partial charge < -0.3 is 5.11 Å². The summed E-state index contributed by atoms with van der Waals surface area (Å²) in [5.41, 5.74) is 0. The zero-order valence-corrected chi connectivity index (χ0v) is 14.3. The van der Waals surface area contributed by atoms with E-state index in [1.165, 1.54) is 9.77 Å². The largest absolute Gasteiger partial charge is 0.392 e. The highest BCUT2D eigenvalue weighted by molar-refractivity contribution is 9.11. The number of hydrogen-bond donors (Lipinski definition) is 1. The number of halogens is 2. The van der Waals surface area contributed by atoms with Gasteiger partial charge in [-0.05, 0) is 46.3 Å². The molecule has 2 aromatic rings. The van der Waals surface area contributed by atoms with E-state index in [4.69, 9.17) is 0 Å². The minimum Gasteiger partial charge on any atom is -0.392 e. The van der Waals surface area contributed by atoms with Crippen molar-refractivity contribution >= 4 is 55.0 Å². The standard InChI is InChI=1S/C13H12Br2OS2/c14-9-2-1-3-11(6-9)17-8-10(16)7-12-4-5-13(15)18-12/h1-6,10,16H,7-8H2. The molecule has 0 aliphatic carbocycles. The van der Waals surface area contributed by atoms with Crippen LogP contribution in [0.1, 0.15) is 4.88 Å². The van der Waals surface area contributed by atoms with Gasteiger partial charge in [-0.3, -0.25) is 0 Å². The Hall–Kier alpha value is 0.190. The molecule has 0 aliphatic rings. The maximum absolute atomic E-state index is 10.0. The van der Waals surface area contributed by atoms with Crippen LogP contribution in [0.15, 0.2) is 49.6 Å². The third kappa shape index (κ3) is 4.70. The Labute approximate surface area is 132 Å². The van der Waals surface area contributed by atoms with Crippen LogP contribution in [0.3, 0.4) is 0 Å². The van der Waals surface area contributed by atoms with Gasteiger partial charge in [0.15, 0.2) is 0 Å². The highest BCUT2D eigenvalue weighted by atomic mass is 79.9. The normalized spacial score (nSPS) is 12.6. The number of rotatable bonds is 5. The molecule has 1 atom stereocenters. The monoisotopic (exact) mass is 406 g/mol. The van der Waals surface area contributed by atoms with Crippen molar-refractivity contribution < 1.29 is 5.11 Å². The van der Waals surface area contributed by atoms with Crippen molar-refractivity contribution in [3.8, 4) is 0 Å². The van der Waals surface area contributed by atoms with E-state index in [-0.39, 0.29) is 6.10 Å². The molecule has 0 saturated heterocycles. The highest BCUT2D eigenvalue weighted by Crippen LogP contribution is 2.26. The van der Waals surface area contributed by atoms with E-state index in [0.717, 1.165) is 14.7 Å². The van der Waals surface area contributed by atoms with E-state index < -0.39 is 0 Å². The van der Waals surface area contributed by atoms with Crippen LogP contribution in [-0.2, 0) is 6.42 Å². The predicted octanol–water partition coefficient (Wildman–Crippen LogP) is 4.97. The third-order valence-corrected chi connectivity index (χ3v) is 5.58. The van der Waals surface area contributed by atoms with Crippen LogP contribution in [0.5, 0.6) is 0 Å². The van der Waals surface area contributed by atoms with Crippen LogP contribution in [0.4, 0.5) is 0 Å². The lowest BCUT2D eigenvalue weighted by molar-refractivity contribution is 0.201. The summed E-state index contributed by atoms with van der Waals surface area (Å²) in [5.74, 6) is 0.714. The summed E-state index contributed by atoms with van der Waals surface area (Å²) >= 11 is 10.2. The molecule has 0 bridgehead atoms. The van der Waals surface area contributed by atoms with E-state index in [9.17, 15) is 5.11 Å². The Bertz CT molecular complexity index is 513. The van der Waals surface area contributed by atoms with Crippen molar-refractivity contribution in [1.29, 1.82) is 0 Å². The summed E-state index contributed by atoms with van der Waals surface area (Å²) in [6, 6.07) is 12.2. The van der Waals surface area contributed by atoms with Gasteiger partial charge in [0.05, 0.1) is 9.89 Å². The quantitative estimate of drug-likeness (QED) is 0.706. The highest BCUT2D eigenvalue weighted by Gasteiger charge is 2.08. The van der Waals surface area contributed by atoms with Gasteiger partial charge in [-0.15, -0.1) is 23.1 Å². The van der Waals surface area contributed by atoms with E-state index in [2.05, 4.69) is 50.1 Å². The van der Waals surface area contributed by atoms with E-state index in [1.54, 1.807) is 23.1 Å². The van der Waals surface area contributed by atoms with Crippen molar-refractivity contribution in [3.05, 3.63) is 49.5 Å². The predicted molar refractivity (Wildman–Crippen MR) is 86.6 cm³/mol. The Kier molecular flexibility index (Phi) is 5.76. The number of hydrogen-bond acceptors (Lipinski definition) is 3. The first-order valence-corrected chi connectivity index (χ1v) is 8.83. The summed E-state index contributed by atoms with van der Waals surface area (Å²) in [5, 5.41) is 10.0. The smallest absolute Gasteiger partial charge is 0.0701 e. The molecule has 1 N–H and O–H groups in total. The Morgan fingerprint density at radius 2 is 2.06 bits per heavy atom. The van der Waals surface area contributed by atoms with Gasteiger partial charge in [0, 0.05) is 26.4 Å². The fourth-order valence-corrected chi connectivity index (χ4v) is 4.49. The Morgan fingerprint density at radius 3 is 2.72 bits per heavy atom. The zero-order valence-electron chi connectivity index (χ0n) is 9.48. The molecule has 1 aromatic carbocycles. The van der Waals surface area contributed by atoms with Gasteiger partial charge in [0.25, 0.3) is 0 Å². The number of thioether (sulfide) groups is 1. The minimum atomic E-state index is -0.306. The SMILES string of the molecule is OC(CSc1cccc(Br)c1)Cc1ccc(Br)s1. The Morgan fingerprint density at radius 1 is 1.22 bits per heavy atom. The van der Waals surface area contributed by atoms with Gasteiger partial charge in [0.1, 0.15) is 0 Å². The summed E-state index contributed by atoms with van der Waals surface area (Å²) in [7, 11) is 0. The molecule has 1 heterocycles. The zero-order chi connectivity index (χ0) is 13.0. The molecule has 0 aliphatic heterocycles. The molecule has 0 radical (unpaired) electrons. The first-order chi connectivity index (χ1) is 8.63. The first-order valence-electron chi connectivity index (χ1n) is 5.44. The van der Waals surface area contributed by atoms with Gasteiger partial charge in [-0.2, -0.15) is 0 Å². The summed E-state index contributed by atoms with van der Waals surface area (Å²) in [6.45, 7) is 0. The molecule has 0 fully saturated rings. The van der Waals surface area contributed by atoms with Crippen LogP contribution < -0.4 is 0 Å². The molecular formula is C13H12Br2OS2. The lowest BCUT2D eigenvalue weighted by Gasteiger charge is -2.09. The van der Waals surface area contributed by atoms with Crippen molar-refractivity contribution in [1.82, 2.24) is 0 Å². The lowest BCUT2D eigenvalue weighted by atomic mass is 10.2. The van der Waals surface area contributed by atoms with Crippen LogP contribution in [0, 0.1) is 0 Å². The average molecular weight is 408 g/mol. The molecule has 1 nitrogen and oxygen atoms in total. The fraction of sp³-hybridized carbons (Fsp3) is 0.231. The number of benzene rings is 1. The summed E-state index contributed by atoms with van der Waals surface area (Å²) in [6.07, 6.45) is 0.414. The maximum Gasteiger partial charge on any atom is 0.0701 e. The molecule has 18 heavy (non-hydrogen) atoms. The van der Waals surface area contributed by atoms with Crippen LogP contribution in [-0.4, -0.2) is 17.0 Å². The lowest BCUT2D eigenvalue weighted by Crippen LogP contribution is -2.12. The molecular weight excluding hydrogens is 396 g/mol. The molecule has 5 heteroatoms. The van der Waals surface area contributed by atoms with Crippen molar-refractivity contribution in [3.63, 3.8) is 0 Å². The maximum atomic E-state index is 10.0. The average Bonchev–Trinajstić information content (AvgIpc) is 2.72. The molecule has 96 valence electrons. The molecule has 0 spiro atoms. The van der Waals surface area contributed by atoms with Crippen LogP contribution >= 0.6 is 55.0 Å². The van der Waals surface area contributed by atoms with Crippen molar-refractivity contribution in [2.45, 2.75) is 17.4 Å². The van der Waals surface area contributed by atoms with Gasteiger partial charge in [-0.25, -0.2) is 0 Å². The molecule has 0 saturated carbocycles. The topological polar surface area (TPSA) is 20.2 Å². The number of aliphatic hydroxyl groups is 1. The number of thiophene rings is 1. The summed E-state index contributed by atoms with van der Waals surface area (Å²) in [4.78, 5) is 2.39. The molecule has 1 unspecified atom stereocenters. The van der Waals surface area contributed by atoms with Gasteiger partial charge >= 0.3 is 0 Å². The number of aliphatic hydroxyl groups excluding tert-OH is 1. The second-order valence-corrected chi connectivity index (χ2v) is 8.39. The van der Waals surface area contributed by atoms with Gasteiger partial charge in [0.2, 0.25) is 0 Å². The second-order valence-electron chi connectivity index (χ2n) is 3.83. The molecule has 2 rings (SSSR count). The van der Waals surface area contributed by atoms with E-state index >= 15 is 0 Å². The third-order valence-electron chi connectivity index (χ3n) is 2.30. The van der Waals surface area contributed by atoms with Gasteiger partial charge in [-0.1, -0.05) is 22.0 Å². The van der Waals surface area contributed by atoms with Crippen molar-refractivity contribution in [2.24, 2.45) is 0 Å². The van der Waals surface area contributed by atoms with E-state index in [0.29, 0.717) is 5.75 Å². The Balaban J connectivity index is 1.83. The summed E-state index contributed by atoms with van der Waals surface area (Å²) < 4.78 is 2.19. The minimum absolute atomic E-state index is 0.306. The molecule has 1 aromatic heterocycles. The van der Waals surface area contributed by atoms with Crippen LogP contribution in [0.2, 0.25) is 0 Å². The van der Waals surface area contributed by atoms with Crippen molar-refractivity contribution in [2.75, 3.05) is 5.75 Å². The fourth-order valence-electron chi connectivity index (χ4n) is 1.50. The van der Waals surface area contributed by atoms with Crippen LogP contribution in [0.25, 0.3) is 0 Å². The first kappa shape index (κ1) is 14.6. The van der Waals surface area contributed by atoms with E-state index in [1.807, 2.05) is 18.2 Å². The molecule has 0 amide bonds. The second kappa shape index (κ2) is 7.10.